The van der Waals surface area contributed by atoms with Gasteiger partial charge in [0.15, 0.2) is 18.1 Å². The lowest BCUT2D eigenvalue weighted by atomic mass is 10.3. The zero-order valence-corrected chi connectivity index (χ0v) is 17.7. The lowest BCUT2D eigenvalue weighted by molar-refractivity contribution is -0.141. The van der Waals surface area contributed by atoms with E-state index in [1.54, 1.807) is 12.1 Å². The summed E-state index contributed by atoms with van der Waals surface area (Å²) in [4.78, 5) is 24.1. The molecule has 11 heteroatoms. The van der Waals surface area contributed by atoms with Crippen LogP contribution in [0.2, 0.25) is 0 Å². The molecule has 1 aromatic carbocycles. The number of Topliss-reactive ketones (excluding diaryl/α,β-unsaturated/α-hetero) is 1. The van der Waals surface area contributed by atoms with Crippen molar-refractivity contribution in [3.63, 3.8) is 0 Å². The highest BCUT2D eigenvalue weighted by Gasteiger charge is 2.20. The molecule has 0 aliphatic carbocycles. The van der Waals surface area contributed by atoms with Gasteiger partial charge in [-0.1, -0.05) is 0 Å². The summed E-state index contributed by atoms with van der Waals surface area (Å²) >= 11 is 4.46. The van der Waals surface area contributed by atoms with E-state index in [-0.39, 0.29) is 10.7 Å². The lowest BCUT2D eigenvalue weighted by Gasteiger charge is -2.10. The topological polar surface area (TPSA) is 108 Å². The molecule has 1 aliphatic rings. The molecule has 0 atom stereocenters. The van der Waals surface area contributed by atoms with Crippen molar-refractivity contribution in [3.05, 3.63) is 39.0 Å². The Labute approximate surface area is 174 Å². The first-order valence-corrected chi connectivity index (χ1v) is 11.3. The molecule has 2 heterocycles. The van der Waals surface area contributed by atoms with Crippen molar-refractivity contribution in [2.24, 2.45) is 0 Å². The van der Waals surface area contributed by atoms with Gasteiger partial charge in [-0.25, -0.2) is 8.42 Å². The number of esters is 1. The van der Waals surface area contributed by atoms with Gasteiger partial charge in [0, 0.05) is 12.5 Å². The maximum absolute atomic E-state index is 12.4. The highest BCUT2D eigenvalue weighted by molar-refractivity contribution is 9.11. The van der Waals surface area contributed by atoms with Crippen LogP contribution in [-0.2, 0) is 19.6 Å². The van der Waals surface area contributed by atoms with Gasteiger partial charge >= 0.3 is 5.97 Å². The van der Waals surface area contributed by atoms with E-state index in [1.165, 1.54) is 29.5 Å². The summed E-state index contributed by atoms with van der Waals surface area (Å²) in [6.45, 7) is -0.148. The largest absolute Gasteiger partial charge is 0.490 e. The van der Waals surface area contributed by atoms with Crippen molar-refractivity contribution in [3.8, 4) is 11.5 Å². The summed E-state index contributed by atoms with van der Waals surface area (Å²) in [5.74, 6) is -0.429. The number of carbonyl (C=O) groups is 2. The van der Waals surface area contributed by atoms with Gasteiger partial charge in [0.2, 0.25) is 15.8 Å². The van der Waals surface area contributed by atoms with Gasteiger partial charge in [0.25, 0.3) is 0 Å². The lowest BCUT2D eigenvalue weighted by Crippen LogP contribution is -2.31. The number of ketones is 1. The predicted molar refractivity (Wildman–Crippen MR) is 105 cm³/mol. The molecule has 0 unspecified atom stereocenters. The molecule has 8 nitrogen and oxygen atoms in total. The van der Waals surface area contributed by atoms with Crippen LogP contribution in [0.25, 0.3) is 0 Å². The van der Waals surface area contributed by atoms with Crippen LogP contribution in [0.1, 0.15) is 16.1 Å². The number of benzene rings is 1. The first-order chi connectivity index (χ1) is 13.3. The molecule has 28 heavy (non-hydrogen) atoms. The van der Waals surface area contributed by atoms with Crippen molar-refractivity contribution in [1.82, 2.24) is 4.72 Å². The van der Waals surface area contributed by atoms with Crippen LogP contribution in [-0.4, -0.2) is 46.5 Å². The standard InChI is InChI=1S/C17H16BrNO7S2/c18-16-5-4-15(27-16)12(20)10-26-17(21)9-19-28(22,23)11-2-3-13-14(8-11)25-7-1-6-24-13/h2-5,8,19H,1,6-7,9-10H2. The Morgan fingerprint density at radius 2 is 1.89 bits per heavy atom. The van der Waals surface area contributed by atoms with E-state index in [1.807, 2.05) is 0 Å². The fourth-order valence-corrected chi connectivity index (χ4v) is 4.57. The molecule has 2 aromatic rings. The number of thiophene rings is 1. The number of hydrogen-bond acceptors (Lipinski definition) is 8. The predicted octanol–water partition coefficient (Wildman–Crippen LogP) is 2.38. The minimum absolute atomic E-state index is 0.0657. The Kier molecular flexibility index (Phi) is 6.70. The third-order valence-corrected chi connectivity index (χ3v) is 6.71. The second-order valence-corrected chi connectivity index (χ2v) is 9.90. The third kappa shape index (κ3) is 5.31. The normalized spacial score (nSPS) is 13.6. The number of rotatable bonds is 7. The molecule has 1 N–H and O–H groups in total. The SMILES string of the molecule is O=C(CNS(=O)(=O)c1ccc2c(c1)OCCCO2)OCC(=O)c1ccc(Br)s1. The number of ether oxygens (including phenoxy) is 3. The Morgan fingerprint density at radius 1 is 1.14 bits per heavy atom. The quantitative estimate of drug-likeness (QED) is 0.469. The molecule has 0 fully saturated rings. The van der Waals surface area contributed by atoms with E-state index < -0.39 is 29.1 Å². The molecule has 0 saturated carbocycles. The summed E-state index contributed by atoms with van der Waals surface area (Å²) in [6, 6.07) is 7.53. The van der Waals surface area contributed by atoms with E-state index >= 15 is 0 Å². The second kappa shape index (κ2) is 9.03. The van der Waals surface area contributed by atoms with Gasteiger partial charge in [0.05, 0.1) is 26.8 Å². The zero-order valence-electron chi connectivity index (χ0n) is 14.5. The van der Waals surface area contributed by atoms with Crippen molar-refractivity contribution < 1.29 is 32.2 Å². The van der Waals surface area contributed by atoms with Gasteiger partial charge in [-0.05, 0) is 40.2 Å². The number of hydrogen-bond donors (Lipinski definition) is 1. The van der Waals surface area contributed by atoms with Crippen molar-refractivity contribution in [2.75, 3.05) is 26.4 Å². The third-order valence-electron chi connectivity index (χ3n) is 3.65. The Morgan fingerprint density at radius 3 is 2.61 bits per heavy atom. The number of fused-ring (bicyclic) bond motifs is 1. The summed E-state index contributed by atoms with van der Waals surface area (Å²) in [5, 5.41) is 0. The number of carbonyl (C=O) groups excluding carboxylic acids is 2. The molecule has 1 aliphatic heterocycles. The highest BCUT2D eigenvalue weighted by atomic mass is 79.9. The van der Waals surface area contributed by atoms with Crippen LogP contribution in [0.15, 0.2) is 39.0 Å². The van der Waals surface area contributed by atoms with E-state index in [0.717, 1.165) is 3.79 Å². The molecule has 1 aromatic heterocycles. The smallest absolute Gasteiger partial charge is 0.321 e. The monoisotopic (exact) mass is 489 g/mol. The minimum atomic E-state index is -3.96. The van der Waals surface area contributed by atoms with Crippen LogP contribution >= 0.6 is 27.3 Å². The van der Waals surface area contributed by atoms with E-state index in [9.17, 15) is 18.0 Å². The Bertz CT molecular complexity index is 987. The van der Waals surface area contributed by atoms with Gasteiger partial charge in [-0.3, -0.25) is 9.59 Å². The van der Waals surface area contributed by atoms with E-state index in [0.29, 0.717) is 36.0 Å². The van der Waals surface area contributed by atoms with Crippen molar-refractivity contribution in [1.29, 1.82) is 0 Å². The molecule has 3 rings (SSSR count). The second-order valence-electron chi connectivity index (χ2n) is 5.67. The van der Waals surface area contributed by atoms with Crippen LogP contribution in [0.3, 0.4) is 0 Å². The summed E-state index contributed by atoms with van der Waals surface area (Å²) in [6.07, 6.45) is 0.696. The minimum Gasteiger partial charge on any atom is -0.490 e. The average Bonchev–Trinajstić information content (AvgIpc) is 2.97. The van der Waals surface area contributed by atoms with E-state index in [4.69, 9.17) is 14.2 Å². The molecule has 0 amide bonds. The molecule has 150 valence electrons. The average molecular weight is 490 g/mol. The summed E-state index contributed by atoms with van der Waals surface area (Å²) in [7, 11) is -3.96. The summed E-state index contributed by atoms with van der Waals surface area (Å²) < 4.78 is 43.5. The van der Waals surface area contributed by atoms with Gasteiger partial charge in [-0.2, -0.15) is 4.72 Å². The van der Waals surface area contributed by atoms with Gasteiger partial charge < -0.3 is 14.2 Å². The molecule has 0 saturated heterocycles. The fraction of sp³-hybridized carbons (Fsp3) is 0.294. The van der Waals surface area contributed by atoms with Crippen LogP contribution in [0.5, 0.6) is 11.5 Å². The molecule has 0 spiro atoms. The van der Waals surface area contributed by atoms with Crippen LogP contribution in [0, 0.1) is 0 Å². The first-order valence-electron chi connectivity index (χ1n) is 8.18. The van der Waals surface area contributed by atoms with Crippen LogP contribution in [0.4, 0.5) is 0 Å². The Hall–Kier alpha value is -1.95. The number of nitrogens with one attached hydrogen (secondary N) is 1. The maximum atomic E-state index is 12.4. The van der Waals surface area contributed by atoms with E-state index in [2.05, 4.69) is 20.7 Å². The number of sulfonamides is 1. The van der Waals surface area contributed by atoms with Gasteiger partial charge in [0.1, 0.15) is 6.54 Å². The van der Waals surface area contributed by atoms with Crippen molar-refractivity contribution in [2.45, 2.75) is 11.3 Å². The zero-order chi connectivity index (χ0) is 20.1. The molecular weight excluding hydrogens is 474 g/mol. The molecular formula is C17H16BrNO7S2. The molecule has 0 radical (unpaired) electrons. The number of halogens is 1. The first kappa shape index (κ1) is 20.8. The molecule has 0 bridgehead atoms. The fourth-order valence-electron chi connectivity index (χ4n) is 2.28. The van der Waals surface area contributed by atoms with Crippen LogP contribution < -0.4 is 14.2 Å². The maximum Gasteiger partial charge on any atom is 0.321 e. The van der Waals surface area contributed by atoms with Crippen molar-refractivity contribution >= 4 is 49.0 Å². The Balaban J connectivity index is 1.55. The highest BCUT2D eigenvalue weighted by Crippen LogP contribution is 2.31. The summed E-state index contributed by atoms with van der Waals surface area (Å²) in [5.41, 5.74) is 0. The van der Waals surface area contributed by atoms with Gasteiger partial charge in [-0.15, -0.1) is 11.3 Å².